The molecule has 0 spiro atoms. The van der Waals surface area contributed by atoms with Crippen LogP contribution in [0.4, 0.5) is 0 Å². The number of nitrogens with two attached hydrogens (primary N) is 3. The molecule has 0 aromatic rings. The van der Waals surface area contributed by atoms with Crippen molar-refractivity contribution in [3.8, 4) is 0 Å². The molecule has 0 radical (unpaired) electrons. The summed E-state index contributed by atoms with van der Waals surface area (Å²) in [6, 6.07) is -4.85. The summed E-state index contributed by atoms with van der Waals surface area (Å²) >= 11 is 0. The van der Waals surface area contributed by atoms with Gasteiger partial charge >= 0.3 is 5.97 Å². The summed E-state index contributed by atoms with van der Waals surface area (Å²) in [6.07, 6.45) is -0.453. The summed E-state index contributed by atoms with van der Waals surface area (Å²) in [5.41, 5.74) is 15.6. The zero-order valence-corrected chi connectivity index (χ0v) is 15.9. The van der Waals surface area contributed by atoms with Crippen LogP contribution in [0, 0.1) is 0 Å². The van der Waals surface area contributed by atoms with Gasteiger partial charge in [0.15, 0.2) is 0 Å². The molecule has 162 valence electrons. The van der Waals surface area contributed by atoms with Crippen LogP contribution in [0.1, 0.15) is 32.6 Å². The van der Waals surface area contributed by atoms with Gasteiger partial charge < -0.3 is 37.8 Å². The lowest BCUT2D eigenvalue weighted by molar-refractivity contribution is -0.146. The van der Waals surface area contributed by atoms with Gasteiger partial charge in [-0.25, -0.2) is 4.79 Å². The van der Waals surface area contributed by atoms with E-state index in [1.165, 1.54) is 6.92 Å². The predicted molar refractivity (Wildman–Crippen MR) is 97.5 cm³/mol. The Labute approximate surface area is 166 Å². The number of amides is 5. The van der Waals surface area contributed by atoms with Gasteiger partial charge in [0.05, 0.1) is 18.9 Å². The molecular weight excluding hydrogens is 388 g/mol. The molecule has 13 heteroatoms. The smallest absolute Gasteiger partial charge is 0.326 e. The van der Waals surface area contributed by atoms with E-state index in [2.05, 4.69) is 10.6 Å². The largest absolute Gasteiger partial charge is 0.480 e. The normalized spacial score (nSPS) is 19.0. The first kappa shape index (κ1) is 23.8. The van der Waals surface area contributed by atoms with Crippen molar-refractivity contribution >= 4 is 35.5 Å². The lowest BCUT2D eigenvalue weighted by atomic mass is 10.1. The van der Waals surface area contributed by atoms with Crippen molar-refractivity contribution in [1.29, 1.82) is 0 Å². The van der Waals surface area contributed by atoms with Crippen LogP contribution in [0.3, 0.4) is 0 Å². The Morgan fingerprint density at radius 2 is 1.59 bits per heavy atom. The molecule has 1 saturated heterocycles. The van der Waals surface area contributed by atoms with E-state index in [0.29, 0.717) is 6.42 Å². The second-order valence-corrected chi connectivity index (χ2v) is 6.78. The van der Waals surface area contributed by atoms with Crippen molar-refractivity contribution in [3.63, 3.8) is 0 Å². The minimum absolute atomic E-state index is 0.147. The number of carboxylic acids is 1. The minimum atomic E-state index is -1.54. The van der Waals surface area contributed by atoms with Gasteiger partial charge in [-0.05, 0) is 19.8 Å². The molecule has 1 rings (SSSR count). The summed E-state index contributed by atoms with van der Waals surface area (Å²) in [5, 5.41) is 13.6. The van der Waals surface area contributed by atoms with Gasteiger partial charge in [-0.15, -0.1) is 0 Å². The van der Waals surface area contributed by atoms with Crippen LogP contribution in [-0.4, -0.2) is 76.2 Å². The van der Waals surface area contributed by atoms with Crippen molar-refractivity contribution in [2.45, 2.75) is 56.8 Å². The van der Waals surface area contributed by atoms with Crippen LogP contribution in [0.15, 0.2) is 0 Å². The Morgan fingerprint density at radius 3 is 2.07 bits per heavy atom. The maximum atomic E-state index is 12.8. The maximum absolute atomic E-state index is 12.8. The van der Waals surface area contributed by atoms with Crippen molar-refractivity contribution in [2.75, 3.05) is 6.54 Å². The molecule has 0 aliphatic carbocycles. The highest BCUT2D eigenvalue weighted by Gasteiger charge is 2.39. The molecular formula is C16H26N6O7. The number of likely N-dealkylation sites (tertiary alicyclic amines) is 1. The zero-order valence-electron chi connectivity index (χ0n) is 15.9. The van der Waals surface area contributed by atoms with Crippen LogP contribution in [0.5, 0.6) is 0 Å². The molecule has 0 saturated carbocycles. The Bertz CT molecular complexity index is 695. The third-order valence-electron chi connectivity index (χ3n) is 4.29. The Balaban J connectivity index is 2.95. The SMILES string of the molecule is CC(N)C(=O)NC(CC(N)=O)C(=O)N1CCCC1C(=O)NC(CC(N)=O)C(=O)O. The first-order chi connectivity index (χ1) is 13.4. The summed E-state index contributed by atoms with van der Waals surface area (Å²) in [7, 11) is 0. The summed E-state index contributed by atoms with van der Waals surface area (Å²) in [4.78, 5) is 71.8. The molecule has 4 atom stereocenters. The van der Waals surface area contributed by atoms with Crippen molar-refractivity contribution < 1.29 is 33.9 Å². The van der Waals surface area contributed by atoms with Crippen molar-refractivity contribution in [2.24, 2.45) is 17.2 Å². The third kappa shape index (κ3) is 7.03. The number of hydrogen-bond acceptors (Lipinski definition) is 7. The minimum Gasteiger partial charge on any atom is -0.480 e. The van der Waals surface area contributed by atoms with Crippen LogP contribution < -0.4 is 27.8 Å². The third-order valence-corrected chi connectivity index (χ3v) is 4.29. The van der Waals surface area contributed by atoms with Gasteiger partial charge in [-0.1, -0.05) is 0 Å². The number of primary amides is 2. The van der Waals surface area contributed by atoms with Gasteiger partial charge in [0.1, 0.15) is 18.1 Å². The summed E-state index contributed by atoms with van der Waals surface area (Å²) in [6.45, 7) is 1.53. The number of aliphatic carboxylic acids is 1. The highest BCUT2D eigenvalue weighted by atomic mass is 16.4. The summed E-state index contributed by atoms with van der Waals surface area (Å²) in [5.74, 6) is -5.42. The standard InChI is InChI=1S/C16H26N6O7/c1-7(17)13(25)20-8(5-11(18)23)15(27)22-4-2-3-10(22)14(26)21-9(16(28)29)6-12(19)24/h7-10H,2-6,17H2,1H3,(H2,18,23)(H2,19,24)(H,20,25)(H,21,26)(H,28,29). The molecule has 1 aliphatic rings. The molecule has 1 aliphatic heterocycles. The number of carbonyl (C=O) groups is 6. The molecule has 13 nitrogen and oxygen atoms in total. The fourth-order valence-electron chi connectivity index (χ4n) is 2.88. The van der Waals surface area contributed by atoms with E-state index >= 15 is 0 Å². The van der Waals surface area contributed by atoms with Gasteiger partial charge in [-0.3, -0.25) is 24.0 Å². The molecule has 1 fully saturated rings. The molecule has 5 amide bonds. The second-order valence-electron chi connectivity index (χ2n) is 6.78. The molecule has 0 aromatic carbocycles. The quantitative estimate of drug-likeness (QED) is 0.207. The number of hydrogen-bond donors (Lipinski definition) is 6. The molecule has 0 bridgehead atoms. The average molecular weight is 414 g/mol. The van der Waals surface area contributed by atoms with Crippen LogP contribution in [-0.2, 0) is 28.8 Å². The lowest BCUT2D eigenvalue weighted by Gasteiger charge is -2.29. The van der Waals surface area contributed by atoms with Crippen LogP contribution >= 0.6 is 0 Å². The van der Waals surface area contributed by atoms with E-state index in [1.807, 2.05) is 0 Å². The highest BCUT2D eigenvalue weighted by Crippen LogP contribution is 2.19. The number of rotatable bonds is 10. The van der Waals surface area contributed by atoms with Gasteiger partial charge in [0, 0.05) is 6.54 Å². The topological polar surface area (TPSA) is 228 Å². The molecule has 1 heterocycles. The molecule has 0 aromatic heterocycles. The molecule has 4 unspecified atom stereocenters. The fraction of sp³-hybridized carbons (Fsp3) is 0.625. The van der Waals surface area contributed by atoms with Gasteiger partial charge in [0.25, 0.3) is 0 Å². The molecule has 29 heavy (non-hydrogen) atoms. The summed E-state index contributed by atoms with van der Waals surface area (Å²) < 4.78 is 0. The van der Waals surface area contributed by atoms with E-state index in [-0.39, 0.29) is 13.0 Å². The monoisotopic (exact) mass is 414 g/mol. The van der Waals surface area contributed by atoms with Crippen molar-refractivity contribution in [1.82, 2.24) is 15.5 Å². The van der Waals surface area contributed by atoms with E-state index in [9.17, 15) is 28.8 Å². The Morgan fingerprint density at radius 1 is 1.03 bits per heavy atom. The van der Waals surface area contributed by atoms with E-state index < -0.39 is 72.5 Å². The number of nitrogens with zero attached hydrogens (tertiary/aromatic N) is 1. The zero-order chi connectivity index (χ0) is 22.3. The second kappa shape index (κ2) is 10.4. The predicted octanol–water partition coefficient (Wildman–Crippen LogP) is -3.87. The van der Waals surface area contributed by atoms with Gasteiger partial charge in [0.2, 0.25) is 29.5 Å². The highest BCUT2D eigenvalue weighted by molar-refractivity contribution is 5.96. The fourth-order valence-corrected chi connectivity index (χ4v) is 2.88. The maximum Gasteiger partial charge on any atom is 0.326 e. The van der Waals surface area contributed by atoms with E-state index in [4.69, 9.17) is 22.3 Å². The average Bonchev–Trinajstić information content (AvgIpc) is 3.08. The Kier molecular flexibility index (Phi) is 8.51. The first-order valence-electron chi connectivity index (χ1n) is 8.90. The van der Waals surface area contributed by atoms with E-state index in [0.717, 1.165) is 4.90 Å². The van der Waals surface area contributed by atoms with Crippen LogP contribution in [0.2, 0.25) is 0 Å². The molecule has 9 N–H and O–H groups in total. The Hall–Kier alpha value is -3.22. The first-order valence-corrected chi connectivity index (χ1v) is 8.90. The van der Waals surface area contributed by atoms with Crippen LogP contribution in [0.25, 0.3) is 0 Å². The van der Waals surface area contributed by atoms with Gasteiger partial charge in [-0.2, -0.15) is 0 Å². The number of carboxylic acid groups (broad SMARTS) is 1. The lowest BCUT2D eigenvalue weighted by Crippen LogP contribution is -2.57. The number of carbonyl (C=O) groups excluding carboxylic acids is 5. The number of nitrogens with one attached hydrogen (secondary N) is 2. The van der Waals surface area contributed by atoms with E-state index in [1.54, 1.807) is 0 Å². The van der Waals surface area contributed by atoms with Crippen molar-refractivity contribution in [3.05, 3.63) is 0 Å².